The van der Waals surface area contributed by atoms with E-state index in [1.807, 2.05) is 20.8 Å². The minimum absolute atomic E-state index is 0.0936. The molecule has 1 aliphatic heterocycles. The van der Waals surface area contributed by atoms with Crippen LogP contribution in [0.1, 0.15) is 62.1 Å². The number of fused-ring (bicyclic) bond motifs is 1. The first-order valence-corrected chi connectivity index (χ1v) is 12.3. The van der Waals surface area contributed by atoms with Gasteiger partial charge in [-0.1, -0.05) is 19.1 Å². The first kappa shape index (κ1) is 24.2. The molecule has 0 spiro atoms. The zero-order valence-corrected chi connectivity index (χ0v) is 19.9. The summed E-state index contributed by atoms with van der Waals surface area (Å²) >= 11 is 0. The summed E-state index contributed by atoms with van der Waals surface area (Å²) in [5.74, 6) is -0.0354. The summed E-state index contributed by atoms with van der Waals surface area (Å²) in [6, 6.07) is 7.11. The van der Waals surface area contributed by atoms with Crippen LogP contribution >= 0.6 is 0 Å². The average Bonchev–Trinajstić information content (AvgIpc) is 2.77. The van der Waals surface area contributed by atoms with Gasteiger partial charge in [0.05, 0.1) is 16.5 Å². The van der Waals surface area contributed by atoms with Crippen LogP contribution in [0.3, 0.4) is 0 Å². The molecule has 0 saturated carbocycles. The molecule has 1 amide bonds. The number of nitrogens with one attached hydrogen (secondary N) is 1. The highest BCUT2D eigenvalue weighted by molar-refractivity contribution is 7.89. The van der Waals surface area contributed by atoms with E-state index in [0.29, 0.717) is 24.2 Å². The van der Waals surface area contributed by atoms with Gasteiger partial charge in [-0.05, 0) is 57.9 Å². The number of aryl methyl sites for hydroxylation is 1. The predicted octanol–water partition coefficient (Wildman–Crippen LogP) is 2.68. The van der Waals surface area contributed by atoms with Crippen LogP contribution in [0.4, 0.5) is 0 Å². The maximum absolute atomic E-state index is 13.1. The molecule has 0 radical (unpaired) electrons. The molecule has 174 valence electrons. The Hall–Kier alpha value is -2.49. The maximum Gasteiger partial charge on any atom is 0.255 e. The van der Waals surface area contributed by atoms with Crippen molar-refractivity contribution in [3.63, 3.8) is 0 Å². The second-order valence-electron chi connectivity index (χ2n) is 8.34. The van der Waals surface area contributed by atoms with E-state index in [1.165, 1.54) is 18.3 Å². The Morgan fingerprint density at radius 3 is 2.38 bits per heavy atom. The van der Waals surface area contributed by atoms with E-state index < -0.39 is 27.8 Å². The van der Waals surface area contributed by atoms with Crippen LogP contribution in [0, 0.1) is 0 Å². The van der Waals surface area contributed by atoms with Gasteiger partial charge < -0.3 is 14.7 Å². The Balaban J connectivity index is 2.03. The van der Waals surface area contributed by atoms with Crippen LogP contribution in [-0.2, 0) is 16.4 Å². The van der Waals surface area contributed by atoms with Gasteiger partial charge >= 0.3 is 0 Å². The molecule has 0 saturated heterocycles. The highest BCUT2D eigenvalue weighted by Crippen LogP contribution is 2.39. The number of ether oxygens (including phenoxy) is 1. The van der Waals surface area contributed by atoms with Gasteiger partial charge in [-0.25, -0.2) is 18.1 Å². The number of nitrogens with zero attached hydrogens (tertiary/aromatic N) is 2. The quantitative estimate of drug-likeness (QED) is 0.656. The smallest absolute Gasteiger partial charge is 0.255 e. The fraction of sp³-hybridized carbons (Fsp3) is 0.478. The van der Waals surface area contributed by atoms with Crippen LogP contribution in [0.25, 0.3) is 0 Å². The third-order valence-electron chi connectivity index (χ3n) is 5.82. The lowest BCUT2D eigenvalue weighted by atomic mass is 9.88. The van der Waals surface area contributed by atoms with Crippen molar-refractivity contribution in [2.24, 2.45) is 0 Å². The number of rotatable bonds is 7. The molecule has 9 heteroatoms. The van der Waals surface area contributed by atoms with Crippen molar-refractivity contribution in [2.75, 3.05) is 13.1 Å². The van der Waals surface area contributed by atoms with Crippen LogP contribution < -0.4 is 9.46 Å². The van der Waals surface area contributed by atoms with E-state index in [9.17, 15) is 18.3 Å². The highest BCUT2D eigenvalue weighted by atomic mass is 32.2. The van der Waals surface area contributed by atoms with Crippen molar-refractivity contribution in [2.45, 2.75) is 63.7 Å². The van der Waals surface area contributed by atoms with Crippen LogP contribution in [-0.4, -0.2) is 54.1 Å². The van der Waals surface area contributed by atoms with Gasteiger partial charge in [0.1, 0.15) is 11.7 Å². The average molecular weight is 462 g/mol. The number of carbonyl (C=O) groups excluding carboxylic acids is 1. The molecule has 8 nitrogen and oxygen atoms in total. The predicted molar refractivity (Wildman–Crippen MR) is 121 cm³/mol. The maximum atomic E-state index is 13.1. The summed E-state index contributed by atoms with van der Waals surface area (Å²) in [7, 11) is -3.96. The third kappa shape index (κ3) is 4.65. The number of hydrogen-bond acceptors (Lipinski definition) is 6. The largest absolute Gasteiger partial charge is 0.469 e. The molecule has 0 fully saturated rings. The normalized spacial score (nSPS) is 19.7. The van der Waals surface area contributed by atoms with Crippen molar-refractivity contribution < 1.29 is 23.1 Å². The van der Waals surface area contributed by atoms with Gasteiger partial charge in [0, 0.05) is 24.8 Å². The summed E-state index contributed by atoms with van der Waals surface area (Å²) in [4.78, 5) is 18.8. The second-order valence-corrected chi connectivity index (χ2v) is 10.1. The summed E-state index contributed by atoms with van der Waals surface area (Å²) in [5, 5.41) is 11.0. The molecule has 3 rings (SSSR count). The lowest BCUT2D eigenvalue weighted by molar-refractivity contribution is -0.0632. The second kappa shape index (κ2) is 9.17. The third-order valence-corrected chi connectivity index (χ3v) is 7.28. The van der Waals surface area contributed by atoms with Crippen molar-refractivity contribution in [1.29, 1.82) is 0 Å². The van der Waals surface area contributed by atoms with E-state index in [0.717, 1.165) is 12.0 Å². The molecule has 0 unspecified atom stereocenters. The molecule has 0 bridgehead atoms. The minimum Gasteiger partial charge on any atom is -0.469 e. The SMILES string of the molecule is CCc1ccc(S(=O)(=O)N[C@@H]2c3cc(C(=O)N(CC)CC)cnc3OC(C)(C)[C@H]2O)cc1. The van der Waals surface area contributed by atoms with Crippen molar-refractivity contribution in [3.8, 4) is 5.88 Å². The molecular formula is C23H31N3O5S. The van der Waals surface area contributed by atoms with Gasteiger partial charge in [0.2, 0.25) is 15.9 Å². The summed E-state index contributed by atoms with van der Waals surface area (Å²) in [6.45, 7) is 10.1. The lowest BCUT2D eigenvalue weighted by Gasteiger charge is -2.41. The first-order valence-electron chi connectivity index (χ1n) is 10.8. The molecule has 2 heterocycles. The topological polar surface area (TPSA) is 109 Å². The Morgan fingerprint density at radius 2 is 1.81 bits per heavy atom. The summed E-state index contributed by atoms with van der Waals surface area (Å²) in [5.41, 5.74) is 0.553. The van der Waals surface area contributed by atoms with Gasteiger partial charge in [-0.15, -0.1) is 0 Å². The fourth-order valence-electron chi connectivity index (χ4n) is 3.74. The summed E-state index contributed by atoms with van der Waals surface area (Å²) < 4.78 is 34.7. The lowest BCUT2D eigenvalue weighted by Crippen LogP contribution is -2.53. The molecule has 2 N–H and O–H groups in total. The molecular weight excluding hydrogens is 430 g/mol. The molecule has 0 aliphatic carbocycles. The van der Waals surface area contributed by atoms with Crippen LogP contribution in [0.15, 0.2) is 41.4 Å². The molecule has 32 heavy (non-hydrogen) atoms. The van der Waals surface area contributed by atoms with Gasteiger partial charge in [0.15, 0.2) is 0 Å². The van der Waals surface area contributed by atoms with Gasteiger partial charge in [-0.3, -0.25) is 4.79 Å². The minimum atomic E-state index is -3.96. The Kier molecular flexibility index (Phi) is 6.92. The van der Waals surface area contributed by atoms with Crippen molar-refractivity contribution in [3.05, 3.63) is 53.2 Å². The molecule has 2 aromatic rings. The van der Waals surface area contributed by atoms with E-state index in [2.05, 4.69) is 9.71 Å². The number of amides is 1. The Morgan fingerprint density at radius 1 is 1.19 bits per heavy atom. The number of benzene rings is 1. The number of aliphatic hydroxyl groups excluding tert-OH is 1. The number of sulfonamides is 1. The molecule has 1 aromatic heterocycles. The van der Waals surface area contributed by atoms with Crippen LogP contribution in [0.2, 0.25) is 0 Å². The number of aromatic nitrogens is 1. The standard InChI is InChI=1S/C23H31N3O5S/c1-6-15-9-11-17(12-10-15)32(29,30)25-19-18-13-16(22(28)26(7-2)8-3)14-24-21(18)31-23(4,5)20(19)27/h9-14,19-20,25,27H,6-8H2,1-5H3/t19-,20+/m1/s1. The van der Waals surface area contributed by atoms with E-state index in [-0.39, 0.29) is 16.7 Å². The van der Waals surface area contributed by atoms with Crippen molar-refractivity contribution >= 4 is 15.9 Å². The Labute approximate surface area is 189 Å². The monoisotopic (exact) mass is 461 g/mol. The highest BCUT2D eigenvalue weighted by Gasteiger charge is 2.45. The molecule has 2 atom stereocenters. The number of pyridine rings is 1. The van der Waals surface area contributed by atoms with Crippen molar-refractivity contribution in [1.82, 2.24) is 14.6 Å². The zero-order chi connectivity index (χ0) is 23.7. The fourth-order valence-corrected chi connectivity index (χ4v) is 4.96. The first-order chi connectivity index (χ1) is 15.0. The van der Waals surface area contributed by atoms with E-state index >= 15 is 0 Å². The van der Waals surface area contributed by atoms with Gasteiger partial charge in [0.25, 0.3) is 5.91 Å². The molecule has 1 aromatic carbocycles. The number of hydrogen-bond donors (Lipinski definition) is 2. The van der Waals surface area contributed by atoms with E-state index in [1.54, 1.807) is 36.9 Å². The van der Waals surface area contributed by atoms with Crippen LogP contribution in [0.5, 0.6) is 5.88 Å². The zero-order valence-electron chi connectivity index (χ0n) is 19.1. The number of carbonyl (C=O) groups is 1. The van der Waals surface area contributed by atoms with E-state index in [4.69, 9.17) is 4.74 Å². The summed E-state index contributed by atoms with van der Waals surface area (Å²) in [6.07, 6.45) is 1.01. The Bertz CT molecular complexity index is 1080. The number of aliphatic hydroxyl groups is 1. The molecule has 1 aliphatic rings. The van der Waals surface area contributed by atoms with Gasteiger partial charge in [-0.2, -0.15) is 0 Å².